The van der Waals surface area contributed by atoms with Gasteiger partial charge in [0.1, 0.15) is 38.6 Å². The zero-order valence-corrected chi connectivity index (χ0v) is 92.9. The maximum Gasteiger partial charge on any atom is 0.411 e. The lowest BCUT2D eigenvalue weighted by molar-refractivity contribution is -0.102. The van der Waals surface area contributed by atoms with Crippen LogP contribution in [0.5, 0.6) is 11.8 Å². The lowest BCUT2D eigenvalue weighted by Crippen LogP contribution is -2.51. The van der Waals surface area contributed by atoms with Crippen LogP contribution in [0.25, 0.3) is 0 Å². The van der Waals surface area contributed by atoms with E-state index in [0.717, 1.165) is 75.7 Å². The van der Waals surface area contributed by atoms with Crippen molar-refractivity contribution < 1.29 is 68.0 Å². The van der Waals surface area contributed by atoms with E-state index in [4.69, 9.17) is 41.3 Å². The fourth-order valence-corrected chi connectivity index (χ4v) is 24.2. The highest BCUT2D eigenvalue weighted by molar-refractivity contribution is 9.10. The molecule has 4 aliphatic rings. The van der Waals surface area contributed by atoms with Crippen molar-refractivity contribution in [3.8, 4) is 59.4 Å². The summed E-state index contributed by atoms with van der Waals surface area (Å²) in [6.45, 7) is 37.7. The average molecular weight is 2110 g/mol. The summed E-state index contributed by atoms with van der Waals surface area (Å²) in [4.78, 5) is 67.5. The van der Waals surface area contributed by atoms with Crippen LogP contribution in [-0.2, 0) is 41.4 Å². The second kappa shape index (κ2) is 52.3. The molecule has 4 amide bonds. The number of methoxy groups -OCH3 is 2. The van der Waals surface area contributed by atoms with Gasteiger partial charge >= 0.3 is 24.4 Å². The maximum atomic E-state index is 13.3. The molecule has 2 aromatic heterocycles. The highest BCUT2D eigenvalue weighted by Gasteiger charge is 2.51. The Morgan fingerprint density at radius 1 is 0.361 bits per heavy atom. The smallest absolute Gasteiger partial charge is 0.411 e. The minimum absolute atomic E-state index is 0.0819. The Kier molecular flexibility index (Phi) is 42.1. The molecule has 4 aliphatic heterocycles. The van der Waals surface area contributed by atoms with Crippen LogP contribution < -0.4 is 9.47 Å². The molecule has 10 aromatic rings. The summed E-state index contributed by atoms with van der Waals surface area (Å²) < 4.78 is 36.3. The molecule has 6 heterocycles. The Balaban J connectivity index is 0.000000203. The lowest BCUT2D eigenvalue weighted by atomic mass is 9.80. The molecule has 0 spiro atoms. The maximum absolute atomic E-state index is 13.3. The quantitative estimate of drug-likeness (QED) is 0.0202. The number of hydrogen-bond acceptors (Lipinski definition) is 16. The highest BCUT2D eigenvalue weighted by Crippen LogP contribution is 2.48. The number of carbonyl (C=O) groups excluding carboxylic acids is 4. The lowest BCUT2D eigenvalue weighted by Gasteiger charge is -2.45. The average Bonchev–Trinajstić information content (AvgIpc) is 0.776. The van der Waals surface area contributed by atoms with Gasteiger partial charge in [-0.05, 0) is 225 Å². The third-order valence-electron chi connectivity index (χ3n) is 27.8. The molecule has 0 unspecified atom stereocenters. The molecule has 14 rings (SSSR count). The Morgan fingerprint density at radius 2 is 0.625 bits per heavy atom. The number of nitrogens with zero attached hydrogens (tertiary/aromatic N) is 6. The van der Waals surface area contributed by atoms with Crippen molar-refractivity contribution in [2.75, 3.05) is 40.4 Å². The summed E-state index contributed by atoms with van der Waals surface area (Å²) >= 11 is 6.73. The number of ether oxygens (including phenoxy) is 6. The first-order valence-corrected chi connectivity index (χ1v) is 56.9. The number of amides is 4. The van der Waals surface area contributed by atoms with Gasteiger partial charge in [0.25, 0.3) is 0 Å². The van der Waals surface area contributed by atoms with Crippen LogP contribution >= 0.6 is 31.9 Å². The number of benzene rings is 8. The third kappa shape index (κ3) is 32.6. The molecular formula is C120H148Br2N6O14Si2. The largest absolute Gasteiger partial charge is 0.481 e. The van der Waals surface area contributed by atoms with Gasteiger partial charge in [0.2, 0.25) is 11.8 Å². The second-order valence-electron chi connectivity index (χ2n) is 40.3. The van der Waals surface area contributed by atoms with Gasteiger partial charge in [-0.25, -0.2) is 29.1 Å². The molecule has 4 saturated heterocycles. The molecule has 0 saturated carbocycles. The van der Waals surface area contributed by atoms with E-state index >= 15 is 0 Å². The van der Waals surface area contributed by atoms with Crippen molar-refractivity contribution in [2.24, 2.45) is 0 Å². The standard InChI is InChI=1S/C30H32N2O4.C30H41NO3Si.C24H27NO3.C22H26BrNO3.C8H16Si.C6H6BrNO/c1-22(25-14-12-23(13-15-25)10-11-24-16-18-31-27(20-24)35-4)32-19-17-30(36-28(32)33,21-29(2,3)34)26-8-6-5-7-9-26;1-7-35(8-2,9-3)22-19-25-15-17-26(18-16-25)24(4)31-21-20-30(34-28(31)32,23-29(5,6)33)27-13-11-10-12-14-27;1-5-19-11-13-20(14-12-19)18(2)25-16-15-24(28-22(25)26,17-23(3,4)27)21-9-7-6-8-10-21;1-16(17-9-11-19(23)12-10-17)24-14-13-22(27-20(24)25,15-21(2,3)26)18-7-5-4-6-8-18;1-5-9(6-2,7-3)8-4;1-9-6-4-5(7)2-3-8-6/h5-9,12-16,18,20,22,34H,17,19,21H2,1-4H3;10-18,24,33H,7-9,20-21,23H2,1-6H3;1,6-14,18,27H,15-17H2,2-4H3;4-12,16,26H,13-15H2,1-3H3;1H,6-8H2,2-4H3;2-4H,1H3/t22-,30-;24-,30-;18-,24-;16-,22-;;/m0000../s1. The van der Waals surface area contributed by atoms with Crippen LogP contribution in [0.15, 0.2) is 264 Å². The van der Waals surface area contributed by atoms with Crippen molar-refractivity contribution in [1.29, 1.82) is 0 Å². The number of carbonyl (C=O) groups is 4. The van der Waals surface area contributed by atoms with E-state index in [2.05, 4.69) is 142 Å². The molecule has 8 atom stereocenters. The summed E-state index contributed by atoms with van der Waals surface area (Å²) in [5, 5.41) is 42.1. The third-order valence-corrected chi connectivity index (χ3v) is 38.2. The van der Waals surface area contributed by atoms with Crippen LogP contribution in [-0.4, -0.2) is 153 Å². The number of aliphatic hydroxyl groups is 4. The van der Waals surface area contributed by atoms with Crippen LogP contribution in [0.1, 0.15) is 267 Å². The van der Waals surface area contributed by atoms with Gasteiger partial charge in [-0.3, -0.25) is 0 Å². The Bertz CT molecular complexity index is 5980. The van der Waals surface area contributed by atoms with Gasteiger partial charge in [0.15, 0.2) is 0 Å². The van der Waals surface area contributed by atoms with E-state index in [1.165, 1.54) is 36.3 Å². The predicted octanol–water partition coefficient (Wildman–Crippen LogP) is 27.1. The fraction of sp³-hybridized carbons (Fsp3) is 0.417. The molecule has 4 N–H and O–H groups in total. The molecule has 144 heavy (non-hydrogen) atoms. The van der Waals surface area contributed by atoms with Crippen molar-refractivity contribution in [3.63, 3.8) is 0 Å². The number of cyclic esters (lactones) is 4. The second-order valence-corrected chi connectivity index (χ2v) is 52.1. The van der Waals surface area contributed by atoms with E-state index in [0.29, 0.717) is 89.3 Å². The van der Waals surface area contributed by atoms with Crippen molar-refractivity contribution in [2.45, 2.75) is 281 Å². The summed E-state index contributed by atoms with van der Waals surface area (Å²) in [5.74, 6) is 13.5. The predicted molar refractivity (Wildman–Crippen MR) is 588 cm³/mol. The van der Waals surface area contributed by atoms with E-state index in [-0.39, 0.29) is 48.5 Å². The first-order valence-electron chi connectivity index (χ1n) is 50.1. The van der Waals surface area contributed by atoms with Crippen LogP contribution in [0.2, 0.25) is 36.3 Å². The monoisotopic (exact) mass is 2110 g/mol. The van der Waals surface area contributed by atoms with Gasteiger partial charge in [-0.2, -0.15) is 0 Å². The number of pyridine rings is 2. The zero-order valence-electron chi connectivity index (χ0n) is 87.8. The normalized spacial score (nSPS) is 18.8. The van der Waals surface area contributed by atoms with Crippen LogP contribution in [0.3, 0.4) is 0 Å². The van der Waals surface area contributed by atoms with Crippen molar-refractivity contribution in [1.82, 2.24) is 29.6 Å². The summed E-state index contributed by atoms with van der Waals surface area (Å²) in [7, 11) is 0.526. The van der Waals surface area contributed by atoms with Gasteiger partial charge in [-0.15, -0.1) is 23.9 Å². The first-order chi connectivity index (χ1) is 68.3. The van der Waals surface area contributed by atoms with Crippen molar-refractivity contribution in [3.05, 3.63) is 331 Å². The number of halogens is 2. The number of terminal acetylenes is 2. The molecule has 24 heteroatoms. The van der Waals surface area contributed by atoms with Crippen LogP contribution in [0.4, 0.5) is 19.2 Å². The fourth-order valence-electron chi connectivity index (χ4n) is 19.1. The number of aromatic nitrogens is 2. The van der Waals surface area contributed by atoms with Gasteiger partial charge in [-0.1, -0.05) is 267 Å². The molecule has 764 valence electrons. The number of hydrogen-bond donors (Lipinski definition) is 4. The van der Waals surface area contributed by atoms with E-state index < -0.39 is 61.0 Å². The Hall–Kier alpha value is -11.8. The van der Waals surface area contributed by atoms with Gasteiger partial charge in [0.05, 0.1) is 60.8 Å². The van der Waals surface area contributed by atoms with Crippen molar-refractivity contribution >= 4 is 72.4 Å². The molecule has 20 nitrogen and oxygen atoms in total. The van der Waals surface area contributed by atoms with Gasteiger partial charge < -0.3 is 68.4 Å². The molecule has 4 fully saturated rings. The van der Waals surface area contributed by atoms with Crippen LogP contribution in [0, 0.1) is 47.6 Å². The summed E-state index contributed by atoms with van der Waals surface area (Å²) in [6.07, 6.45) is 16.6. The summed E-state index contributed by atoms with van der Waals surface area (Å²) in [6, 6.07) is 84.8. The van der Waals surface area contributed by atoms with E-state index in [1.54, 1.807) is 114 Å². The van der Waals surface area contributed by atoms with Gasteiger partial charge in [0, 0.05) is 133 Å². The zero-order chi connectivity index (χ0) is 105. The summed E-state index contributed by atoms with van der Waals surface area (Å²) in [5.41, 5.74) is 10.8. The van der Waals surface area contributed by atoms with E-state index in [1.807, 2.05) is 234 Å². The molecule has 0 bridgehead atoms. The molecule has 0 radical (unpaired) electrons. The molecule has 0 aliphatic carbocycles. The SMILES string of the molecule is C#C[Si](CC)(CC)CC.C#Cc1ccc([C@H](C)N2CC[C@](CC(C)(C)O)(c3ccccc3)OC2=O)cc1.CC[Si](C#Cc1ccc([C@H](C)N2CC[C@](CC(C)(C)O)(c3ccccc3)OC2=O)cc1)(CC)CC.COc1cc(Br)ccn1.COc1cc(C#Cc2ccc([C@H](C)N3CC[C@](CC(C)(C)O)(c4ccccc4)OC3=O)cc2)ccn1.C[C@@H](c1ccc(Br)cc1)N1CC[C@](CC(C)(C)O)(c2ccccc2)OC1=O. The highest BCUT2D eigenvalue weighted by atomic mass is 79.9. The molecular weight excluding hydrogens is 1970 g/mol. The minimum Gasteiger partial charge on any atom is -0.481 e. The first kappa shape index (κ1) is 116. The Labute approximate surface area is 875 Å². The van der Waals surface area contributed by atoms with E-state index in [9.17, 15) is 39.6 Å². The number of rotatable bonds is 28. The topological polar surface area (TPSA) is 243 Å². The molecule has 8 aromatic carbocycles. The minimum atomic E-state index is -1.48. The Morgan fingerprint density at radius 3 is 0.868 bits per heavy atom.